The summed E-state index contributed by atoms with van der Waals surface area (Å²) in [6.07, 6.45) is 1.11. The molecule has 0 radical (unpaired) electrons. The van der Waals surface area contributed by atoms with Gasteiger partial charge in [-0.1, -0.05) is 191 Å². The van der Waals surface area contributed by atoms with Crippen molar-refractivity contribution >= 4 is 5.71 Å². The van der Waals surface area contributed by atoms with E-state index >= 15 is 0 Å². The molecule has 0 aromatic heterocycles. The predicted octanol–water partition coefficient (Wildman–Crippen LogP) is 13.4. The molecule has 8 aromatic carbocycles. The molecule has 1 heterocycles. The summed E-state index contributed by atoms with van der Waals surface area (Å²) in [4.78, 5) is 0. The summed E-state index contributed by atoms with van der Waals surface area (Å²) >= 11 is 0. The average molecular weight is 770 g/mol. The van der Waals surface area contributed by atoms with Crippen LogP contribution in [0.5, 0.6) is 23.0 Å². The lowest BCUT2D eigenvalue weighted by Crippen LogP contribution is -2.15. The minimum absolute atomic E-state index is 0.112. The van der Waals surface area contributed by atoms with Gasteiger partial charge in [-0.05, 0) is 74.7 Å². The van der Waals surface area contributed by atoms with Gasteiger partial charge in [-0.2, -0.15) is 0 Å². The van der Waals surface area contributed by atoms with E-state index in [0.29, 0.717) is 23.0 Å². The number of fused-ring (bicyclic) bond motifs is 6. The lowest BCUT2D eigenvalue weighted by atomic mass is 9.82. The van der Waals surface area contributed by atoms with Crippen molar-refractivity contribution in [1.82, 2.24) is 0 Å². The first kappa shape index (κ1) is 38.8. The fraction of sp³-hybridized carbons (Fsp3) is 0.0926. The van der Waals surface area contributed by atoms with E-state index in [1.54, 1.807) is 0 Å². The second kappa shape index (κ2) is 16.8. The number of hydrazine groups is 1. The number of nitrogens with two attached hydrogens (primary N) is 2. The van der Waals surface area contributed by atoms with Crippen LogP contribution in [0, 0.1) is 5.41 Å². The molecule has 2 aliphatic rings. The molecule has 0 fully saturated rings. The van der Waals surface area contributed by atoms with Gasteiger partial charge in [0.1, 0.15) is 0 Å². The zero-order chi connectivity index (χ0) is 40.9. The summed E-state index contributed by atoms with van der Waals surface area (Å²) in [5.74, 6) is 10.9. The maximum absolute atomic E-state index is 9.00. The van der Waals surface area contributed by atoms with Gasteiger partial charge in [0, 0.05) is 27.7 Å². The lowest BCUT2D eigenvalue weighted by molar-refractivity contribution is 0.361. The van der Waals surface area contributed by atoms with Crippen LogP contribution in [0.25, 0.3) is 44.5 Å². The van der Waals surface area contributed by atoms with Gasteiger partial charge in [0.15, 0.2) is 23.0 Å². The highest BCUT2D eigenvalue weighted by atomic mass is 16.6. The van der Waals surface area contributed by atoms with E-state index in [1.807, 2.05) is 66.7 Å². The third-order valence-corrected chi connectivity index (χ3v) is 11.3. The fourth-order valence-corrected chi connectivity index (χ4v) is 8.11. The molecule has 0 bridgehead atoms. The summed E-state index contributed by atoms with van der Waals surface area (Å²) in [5, 5.41) is 9.00. The number of ether oxygens (including phenoxy) is 2. The average Bonchev–Trinajstić information content (AvgIpc) is 3.55. The molecule has 8 aromatic rings. The molecule has 290 valence electrons. The minimum atomic E-state index is -0.112. The smallest absolute Gasteiger partial charge is 0.178 e. The summed E-state index contributed by atoms with van der Waals surface area (Å²) in [7, 11) is 0. The maximum Gasteiger partial charge on any atom is 0.178 e. The number of aryl methyl sites for hydroxylation is 1. The molecule has 0 saturated heterocycles. The van der Waals surface area contributed by atoms with Crippen LogP contribution < -0.4 is 21.2 Å². The van der Waals surface area contributed by atoms with Crippen LogP contribution in [-0.4, -0.2) is 5.71 Å². The van der Waals surface area contributed by atoms with E-state index in [9.17, 15) is 0 Å². The van der Waals surface area contributed by atoms with E-state index < -0.39 is 0 Å². The minimum Gasteiger partial charge on any atom is -0.449 e. The van der Waals surface area contributed by atoms with Gasteiger partial charge in [0.05, 0.1) is 5.71 Å². The second-order valence-corrected chi connectivity index (χ2v) is 15.1. The number of benzene rings is 8. The van der Waals surface area contributed by atoms with Crippen LogP contribution in [0.1, 0.15) is 48.6 Å². The van der Waals surface area contributed by atoms with Crippen molar-refractivity contribution in [2.75, 3.05) is 0 Å². The van der Waals surface area contributed by atoms with Crippen LogP contribution in [0.4, 0.5) is 0 Å². The number of nitrogens with one attached hydrogen (secondary N) is 1. The Bertz CT molecular complexity index is 2740. The summed E-state index contributed by atoms with van der Waals surface area (Å²) < 4.78 is 13.3. The van der Waals surface area contributed by atoms with Crippen LogP contribution >= 0.6 is 0 Å². The molecule has 5 nitrogen and oxygen atoms in total. The molecule has 0 unspecified atom stereocenters. The van der Waals surface area contributed by atoms with Crippen LogP contribution in [-0.2, 0) is 11.8 Å². The number of hydrogen-bond acceptors (Lipinski definition) is 5. The Morgan fingerprint density at radius 1 is 0.475 bits per heavy atom. The molecule has 10 rings (SSSR count). The summed E-state index contributed by atoms with van der Waals surface area (Å²) in [6, 6.07) is 64.6. The molecule has 1 aliphatic heterocycles. The van der Waals surface area contributed by atoms with Crippen molar-refractivity contribution in [2.45, 2.75) is 32.6 Å². The third kappa shape index (κ3) is 7.58. The van der Waals surface area contributed by atoms with Crippen molar-refractivity contribution in [3.63, 3.8) is 0 Å². The highest BCUT2D eigenvalue weighted by molar-refractivity contribution is 6.11. The van der Waals surface area contributed by atoms with Crippen molar-refractivity contribution < 1.29 is 9.47 Å². The monoisotopic (exact) mass is 769 g/mol. The lowest BCUT2D eigenvalue weighted by Gasteiger charge is -2.26. The van der Waals surface area contributed by atoms with Crippen molar-refractivity contribution in [3.8, 4) is 67.5 Å². The molecule has 59 heavy (non-hydrogen) atoms. The van der Waals surface area contributed by atoms with Crippen molar-refractivity contribution in [2.24, 2.45) is 11.7 Å². The topological polar surface area (TPSA) is 94.3 Å². The Kier molecular flexibility index (Phi) is 11.1. The van der Waals surface area contributed by atoms with Crippen molar-refractivity contribution in [1.29, 1.82) is 5.41 Å². The zero-order valence-corrected chi connectivity index (χ0v) is 33.6. The van der Waals surface area contributed by atoms with E-state index in [-0.39, 0.29) is 5.41 Å². The molecular weight excluding hydrogens is 723 g/mol. The number of hydrogen-bond donors (Lipinski definition) is 3. The first-order valence-electron chi connectivity index (χ1n) is 20.0. The van der Waals surface area contributed by atoms with Gasteiger partial charge in [0.25, 0.3) is 0 Å². The molecular formula is C54H47N3O2. The highest BCUT2D eigenvalue weighted by Gasteiger charge is 2.39. The molecule has 1 aliphatic carbocycles. The quantitative estimate of drug-likeness (QED) is 0.0892. The normalized spacial score (nSPS) is 12.4. The van der Waals surface area contributed by atoms with Gasteiger partial charge in [-0.25, -0.2) is 0 Å². The number of para-hydroxylation sites is 1. The Labute approximate surface area is 347 Å². The van der Waals surface area contributed by atoms with Crippen LogP contribution in [0.2, 0.25) is 0 Å². The van der Waals surface area contributed by atoms with Gasteiger partial charge in [0.2, 0.25) is 0 Å². The Hall–Kier alpha value is -7.05. The summed E-state index contributed by atoms with van der Waals surface area (Å²) in [5.41, 5.74) is 15.1. The molecule has 0 saturated carbocycles. The molecule has 0 atom stereocenters. The first-order chi connectivity index (χ1) is 28.9. The zero-order valence-electron chi connectivity index (χ0n) is 33.6. The first-order valence-corrected chi connectivity index (χ1v) is 20.0. The molecule has 0 spiro atoms. The predicted molar refractivity (Wildman–Crippen MR) is 243 cm³/mol. The maximum atomic E-state index is 9.00. The third-order valence-electron chi connectivity index (χ3n) is 11.3. The van der Waals surface area contributed by atoms with Gasteiger partial charge in [-0.3, -0.25) is 17.1 Å². The molecule has 0 amide bonds. The van der Waals surface area contributed by atoms with E-state index in [1.165, 1.54) is 33.4 Å². The fourth-order valence-electron chi connectivity index (χ4n) is 8.11. The molecule has 5 heteroatoms. The van der Waals surface area contributed by atoms with Crippen molar-refractivity contribution in [3.05, 3.63) is 216 Å². The highest BCUT2D eigenvalue weighted by Crippen LogP contribution is 2.59. The van der Waals surface area contributed by atoms with E-state index in [0.717, 1.165) is 51.1 Å². The second-order valence-electron chi connectivity index (χ2n) is 15.1. The van der Waals surface area contributed by atoms with E-state index in [2.05, 4.69) is 154 Å². The summed E-state index contributed by atoms with van der Waals surface area (Å²) in [6.45, 7) is 6.71. The van der Waals surface area contributed by atoms with Gasteiger partial charge in [-0.15, -0.1) is 0 Å². The standard InChI is InChI=1S/C40H29NO2.C14H14.H4N2/c1-40(2)32-16-7-6-14-31(32)36-33(40)22-23-35-39(36)43-34-17-9-15-30(38(34)42-35)28-12-8-13-29(24-28)37(41)27-20-18-26(19-21-27)25-10-4-3-5-11-25;1-2-12-8-10-14(11-9-12)13-6-4-3-5-7-13;1-2/h3-24,41H,1-2H3;3-11H,2H2,1H3;1-2H2. The van der Waals surface area contributed by atoms with Gasteiger partial charge >= 0.3 is 0 Å². The molecule has 5 N–H and O–H groups in total. The SMILES string of the molecule is CC1(C)c2ccccc2-c2c1ccc1c2Oc2cccc(-c3cccc(C(=N)c4ccc(-c5ccccc5)cc4)c3)c2O1.CCc1ccc(-c2ccccc2)cc1.NN. The largest absolute Gasteiger partial charge is 0.449 e. The Morgan fingerprint density at radius 2 is 1.00 bits per heavy atom. The van der Waals surface area contributed by atoms with Gasteiger partial charge < -0.3 is 9.47 Å². The Morgan fingerprint density at radius 3 is 1.66 bits per heavy atom. The van der Waals surface area contributed by atoms with E-state index in [4.69, 9.17) is 14.9 Å². The van der Waals surface area contributed by atoms with Crippen LogP contribution in [0.15, 0.2) is 188 Å². The Balaban J connectivity index is 0.000000255. The number of rotatable bonds is 6. The van der Waals surface area contributed by atoms with Crippen LogP contribution in [0.3, 0.4) is 0 Å².